The smallest absolute Gasteiger partial charge is 0.293 e. The van der Waals surface area contributed by atoms with Gasteiger partial charge in [0, 0.05) is 10.4 Å². The summed E-state index contributed by atoms with van der Waals surface area (Å²) in [5.74, 6) is -0.982. The summed E-state index contributed by atoms with van der Waals surface area (Å²) in [5, 5.41) is 2.66. The monoisotopic (exact) mass is 239 g/mol. The van der Waals surface area contributed by atoms with Crippen LogP contribution in [0.25, 0.3) is 0 Å². The number of thiophene rings is 1. The fourth-order valence-electron chi connectivity index (χ4n) is 1.19. The maximum Gasteiger partial charge on any atom is 0.293 e. The molecule has 0 unspecified atom stereocenters. The van der Waals surface area contributed by atoms with E-state index in [1.54, 1.807) is 6.07 Å². The third-order valence-electron chi connectivity index (χ3n) is 2.08. The summed E-state index contributed by atoms with van der Waals surface area (Å²) >= 11 is 1.37. The van der Waals surface area contributed by atoms with Gasteiger partial charge < -0.3 is 5.32 Å². The van der Waals surface area contributed by atoms with Crippen LogP contribution in [0.15, 0.2) is 6.07 Å². The topological polar surface area (TPSA) is 46.2 Å². The highest BCUT2D eigenvalue weighted by Gasteiger charge is 2.23. The highest BCUT2D eigenvalue weighted by atomic mass is 32.1. The number of amides is 1. The summed E-state index contributed by atoms with van der Waals surface area (Å²) in [6.07, 6.45) is 0. The van der Waals surface area contributed by atoms with Crippen LogP contribution >= 0.6 is 11.3 Å². The Kier molecular flexibility index (Phi) is 3.53. The van der Waals surface area contributed by atoms with Crippen molar-refractivity contribution in [3.8, 4) is 0 Å². The first-order valence-corrected chi connectivity index (χ1v) is 5.96. The SMILES string of the molecule is Cc1cc(C(=O)C(=O)NC(C)(C)C)sc1C. The Morgan fingerprint density at radius 2 is 1.81 bits per heavy atom. The number of ketones is 1. The van der Waals surface area contributed by atoms with Crippen molar-refractivity contribution in [2.75, 3.05) is 0 Å². The fraction of sp³-hybridized carbons (Fsp3) is 0.500. The molecule has 1 N–H and O–H groups in total. The average molecular weight is 239 g/mol. The molecule has 1 rings (SSSR count). The number of Topliss-reactive ketones (excluding diaryl/α,β-unsaturated/α-hetero) is 1. The second-order valence-electron chi connectivity index (χ2n) is 4.88. The van der Waals surface area contributed by atoms with E-state index in [1.165, 1.54) is 11.3 Å². The number of rotatable bonds is 2. The van der Waals surface area contributed by atoms with Crippen LogP contribution in [0, 0.1) is 13.8 Å². The van der Waals surface area contributed by atoms with Crippen LogP contribution in [-0.4, -0.2) is 17.2 Å². The molecule has 0 radical (unpaired) electrons. The Morgan fingerprint density at radius 1 is 1.25 bits per heavy atom. The summed E-state index contributed by atoms with van der Waals surface area (Å²) < 4.78 is 0. The van der Waals surface area contributed by atoms with E-state index >= 15 is 0 Å². The van der Waals surface area contributed by atoms with E-state index in [4.69, 9.17) is 0 Å². The van der Waals surface area contributed by atoms with E-state index in [-0.39, 0.29) is 5.54 Å². The Morgan fingerprint density at radius 3 is 2.19 bits per heavy atom. The fourth-order valence-corrected chi connectivity index (χ4v) is 2.17. The number of hydrogen-bond acceptors (Lipinski definition) is 3. The lowest BCUT2D eigenvalue weighted by molar-refractivity contribution is -0.118. The number of hydrogen-bond donors (Lipinski definition) is 1. The Bertz CT molecular complexity index is 407. The molecule has 3 nitrogen and oxygen atoms in total. The second-order valence-corrected chi connectivity index (χ2v) is 6.14. The van der Waals surface area contributed by atoms with Crippen LogP contribution in [-0.2, 0) is 4.79 Å². The molecule has 1 aromatic rings. The molecule has 4 heteroatoms. The highest BCUT2D eigenvalue weighted by molar-refractivity contribution is 7.15. The molecule has 0 fully saturated rings. The summed E-state index contributed by atoms with van der Waals surface area (Å²) in [6, 6.07) is 1.77. The van der Waals surface area contributed by atoms with Crippen LogP contribution in [0.4, 0.5) is 0 Å². The van der Waals surface area contributed by atoms with E-state index in [9.17, 15) is 9.59 Å². The molecule has 1 heterocycles. The molecular weight excluding hydrogens is 222 g/mol. The molecule has 0 bridgehead atoms. The van der Waals surface area contributed by atoms with Gasteiger partial charge in [-0.25, -0.2) is 0 Å². The zero-order chi connectivity index (χ0) is 12.5. The molecule has 0 aromatic carbocycles. The molecule has 0 aliphatic heterocycles. The quantitative estimate of drug-likeness (QED) is 0.636. The average Bonchev–Trinajstić information content (AvgIpc) is 2.43. The molecule has 0 spiro atoms. The predicted molar refractivity (Wildman–Crippen MR) is 66.0 cm³/mol. The van der Waals surface area contributed by atoms with Crippen molar-refractivity contribution < 1.29 is 9.59 Å². The van der Waals surface area contributed by atoms with Crippen molar-refractivity contribution in [2.24, 2.45) is 0 Å². The minimum absolute atomic E-state index is 0.381. The van der Waals surface area contributed by atoms with Crippen LogP contribution in [0.5, 0.6) is 0 Å². The molecule has 0 saturated carbocycles. The van der Waals surface area contributed by atoms with Gasteiger partial charge in [-0.05, 0) is 46.2 Å². The van der Waals surface area contributed by atoms with Crippen LogP contribution in [0.2, 0.25) is 0 Å². The molecule has 0 aliphatic rings. The minimum atomic E-state index is -0.534. The first-order chi connectivity index (χ1) is 7.20. The summed E-state index contributed by atoms with van der Waals surface area (Å²) in [4.78, 5) is 25.0. The summed E-state index contributed by atoms with van der Waals surface area (Å²) in [7, 11) is 0. The predicted octanol–water partition coefficient (Wildman–Crippen LogP) is 2.46. The number of carbonyl (C=O) groups excluding carboxylic acids is 2. The van der Waals surface area contributed by atoms with E-state index in [1.807, 2.05) is 34.6 Å². The van der Waals surface area contributed by atoms with Crippen molar-refractivity contribution in [2.45, 2.75) is 40.2 Å². The van der Waals surface area contributed by atoms with Gasteiger partial charge in [-0.15, -0.1) is 11.3 Å². The van der Waals surface area contributed by atoms with Crippen molar-refractivity contribution in [3.05, 3.63) is 21.4 Å². The molecule has 88 valence electrons. The van der Waals surface area contributed by atoms with Gasteiger partial charge in [-0.2, -0.15) is 0 Å². The third kappa shape index (κ3) is 3.17. The summed E-state index contributed by atoms with van der Waals surface area (Å²) in [6.45, 7) is 9.43. The molecule has 0 saturated heterocycles. The number of carbonyl (C=O) groups is 2. The summed E-state index contributed by atoms with van der Waals surface area (Å²) in [5.41, 5.74) is 0.672. The van der Waals surface area contributed by atoms with Crippen LogP contribution < -0.4 is 5.32 Å². The van der Waals surface area contributed by atoms with Gasteiger partial charge in [0.2, 0.25) is 0 Å². The maximum absolute atomic E-state index is 11.8. The van der Waals surface area contributed by atoms with Gasteiger partial charge in [0.05, 0.1) is 4.88 Å². The second kappa shape index (κ2) is 4.37. The lowest BCUT2D eigenvalue weighted by atomic mass is 10.1. The van der Waals surface area contributed by atoms with E-state index in [0.29, 0.717) is 4.88 Å². The lowest BCUT2D eigenvalue weighted by Gasteiger charge is -2.19. The third-order valence-corrected chi connectivity index (χ3v) is 3.24. The Hall–Kier alpha value is -1.16. The Labute approximate surface area is 99.9 Å². The van der Waals surface area contributed by atoms with E-state index in [0.717, 1.165) is 10.4 Å². The van der Waals surface area contributed by atoms with Crippen molar-refractivity contribution in [3.63, 3.8) is 0 Å². The van der Waals surface area contributed by atoms with Gasteiger partial charge in [-0.1, -0.05) is 0 Å². The zero-order valence-electron chi connectivity index (χ0n) is 10.3. The first-order valence-electron chi connectivity index (χ1n) is 5.14. The first kappa shape index (κ1) is 12.9. The number of nitrogens with one attached hydrogen (secondary N) is 1. The van der Waals surface area contributed by atoms with Crippen molar-refractivity contribution >= 4 is 23.0 Å². The van der Waals surface area contributed by atoms with Gasteiger partial charge in [-0.3, -0.25) is 9.59 Å². The van der Waals surface area contributed by atoms with E-state index < -0.39 is 11.7 Å². The van der Waals surface area contributed by atoms with E-state index in [2.05, 4.69) is 5.32 Å². The van der Waals surface area contributed by atoms with Gasteiger partial charge in [0.25, 0.3) is 11.7 Å². The molecule has 0 atom stereocenters. The maximum atomic E-state index is 11.8. The minimum Gasteiger partial charge on any atom is -0.345 e. The lowest BCUT2D eigenvalue weighted by Crippen LogP contribution is -2.44. The normalized spacial score (nSPS) is 11.3. The standard InChI is InChI=1S/C12H17NO2S/c1-7-6-9(16-8(7)2)10(14)11(15)13-12(3,4)5/h6H,1-5H3,(H,13,15). The van der Waals surface area contributed by atoms with Crippen molar-refractivity contribution in [1.82, 2.24) is 5.32 Å². The van der Waals surface area contributed by atoms with Crippen molar-refractivity contribution in [1.29, 1.82) is 0 Å². The molecule has 16 heavy (non-hydrogen) atoms. The molecule has 1 amide bonds. The van der Waals surface area contributed by atoms with Gasteiger partial charge >= 0.3 is 0 Å². The zero-order valence-corrected chi connectivity index (χ0v) is 11.1. The molecule has 0 aliphatic carbocycles. The Balaban J connectivity index is 2.83. The number of aryl methyl sites for hydroxylation is 2. The highest BCUT2D eigenvalue weighted by Crippen LogP contribution is 2.21. The van der Waals surface area contributed by atoms with Crippen LogP contribution in [0.1, 0.15) is 40.9 Å². The largest absolute Gasteiger partial charge is 0.345 e. The van der Waals surface area contributed by atoms with Gasteiger partial charge in [0.15, 0.2) is 0 Å². The van der Waals surface area contributed by atoms with Gasteiger partial charge in [0.1, 0.15) is 0 Å². The molecule has 1 aromatic heterocycles. The molecular formula is C12H17NO2S. The van der Waals surface area contributed by atoms with Crippen LogP contribution in [0.3, 0.4) is 0 Å².